The van der Waals surface area contributed by atoms with Gasteiger partial charge in [0.1, 0.15) is 17.6 Å². The highest BCUT2D eigenvalue weighted by Gasteiger charge is 2.20. The minimum absolute atomic E-state index is 0.0839. The van der Waals surface area contributed by atoms with Crippen molar-refractivity contribution in [1.82, 2.24) is 4.90 Å². The van der Waals surface area contributed by atoms with E-state index in [1.807, 2.05) is 30.3 Å². The molecule has 1 aromatic heterocycles. The molecule has 1 heterocycles. The van der Waals surface area contributed by atoms with Crippen molar-refractivity contribution in [2.45, 2.75) is 46.3 Å². The Balaban J connectivity index is 2.15. The fourth-order valence-corrected chi connectivity index (χ4v) is 3.36. The smallest absolute Gasteiger partial charge is 0.200 e. The molecule has 4 nitrogen and oxygen atoms in total. The second-order valence-corrected chi connectivity index (χ2v) is 7.14. The van der Waals surface area contributed by atoms with Gasteiger partial charge >= 0.3 is 0 Å². The van der Waals surface area contributed by atoms with Crippen molar-refractivity contribution < 1.29 is 9.52 Å². The molecule has 0 fully saturated rings. The van der Waals surface area contributed by atoms with Crippen LogP contribution in [0.4, 0.5) is 0 Å². The first kappa shape index (κ1) is 18.2. The minimum Gasteiger partial charge on any atom is -0.507 e. The van der Waals surface area contributed by atoms with Crippen LogP contribution in [0.1, 0.15) is 33.3 Å². The van der Waals surface area contributed by atoms with Crippen LogP contribution in [-0.4, -0.2) is 22.1 Å². The maximum atomic E-state index is 13.0. The number of phenols is 1. The van der Waals surface area contributed by atoms with E-state index < -0.39 is 0 Å². The van der Waals surface area contributed by atoms with Crippen molar-refractivity contribution in [3.8, 4) is 16.9 Å². The SMILES string of the molecule is CC(C)N(Cc1c(O)ccc2c(=O)c(-c3ccccc3)coc12)C(C)C. The lowest BCUT2D eigenvalue weighted by Gasteiger charge is -2.30. The van der Waals surface area contributed by atoms with Crippen LogP contribution in [0, 0.1) is 0 Å². The highest BCUT2D eigenvalue weighted by atomic mass is 16.3. The van der Waals surface area contributed by atoms with Gasteiger partial charge in [-0.3, -0.25) is 9.69 Å². The molecule has 2 aromatic carbocycles. The highest BCUT2D eigenvalue weighted by molar-refractivity contribution is 5.85. The zero-order chi connectivity index (χ0) is 18.8. The van der Waals surface area contributed by atoms with Gasteiger partial charge in [0.2, 0.25) is 5.43 Å². The topological polar surface area (TPSA) is 53.7 Å². The maximum absolute atomic E-state index is 13.0. The number of benzene rings is 2. The quantitative estimate of drug-likeness (QED) is 0.718. The number of phenolic OH excluding ortho intramolecular Hbond substituents is 1. The molecule has 0 aliphatic heterocycles. The average Bonchev–Trinajstić information content (AvgIpc) is 2.61. The van der Waals surface area contributed by atoms with Gasteiger partial charge < -0.3 is 9.52 Å². The predicted octanol–water partition coefficient (Wildman–Crippen LogP) is 4.78. The molecule has 0 aliphatic rings. The highest BCUT2D eigenvalue weighted by Crippen LogP contribution is 2.30. The van der Waals surface area contributed by atoms with Crippen molar-refractivity contribution in [1.29, 1.82) is 0 Å². The van der Waals surface area contributed by atoms with Crippen LogP contribution < -0.4 is 5.43 Å². The number of nitrogens with zero attached hydrogens (tertiary/aromatic N) is 1. The summed E-state index contributed by atoms with van der Waals surface area (Å²) in [6.07, 6.45) is 1.50. The molecule has 4 heteroatoms. The summed E-state index contributed by atoms with van der Waals surface area (Å²) in [6, 6.07) is 13.3. The van der Waals surface area contributed by atoms with Gasteiger partial charge in [0, 0.05) is 18.6 Å². The van der Waals surface area contributed by atoms with E-state index in [1.54, 1.807) is 12.1 Å². The monoisotopic (exact) mass is 351 g/mol. The van der Waals surface area contributed by atoms with E-state index >= 15 is 0 Å². The summed E-state index contributed by atoms with van der Waals surface area (Å²) in [5.74, 6) is 0.152. The number of fused-ring (bicyclic) bond motifs is 1. The van der Waals surface area contributed by atoms with Crippen molar-refractivity contribution >= 4 is 11.0 Å². The summed E-state index contributed by atoms with van der Waals surface area (Å²) in [4.78, 5) is 15.2. The normalized spacial score (nSPS) is 11.8. The van der Waals surface area contributed by atoms with Gasteiger partial charge in [-0.25, -0.2) is 0 Å². The zero-order valence-corrected chi connectivity index (χ0v) is 15.7. The van der Waals surface area contributed by atoms with Crippen LogP contribution in [0.5, 0.6) is 5.75 Å². The molecule has 0 amide bonds. The third-order valence-corrected chi connectivity index (χ3v) is 4.77. The van der Waals surface area contributed by atoms with Crippen molar-refractivity contribution in [3.05, 3.63) is 64.5 Å². The van der Waals surface area contributed by atoms with Crippen LogP contribution in [0.15, 0.2) is 57.9 Å². The molecule has 0 radical (unpaired) electrons. The van der Waals surface area contributed by atoms with E-state index in [9.17, 15) is 9.90 Å². The minimum atomic E-state index is -0.0839. The first-order valence-electron chi connectivity index (χ1n) is 8.97. The lowest BCUT2D eigenvalue weighted by Crippen LogP contribution is -2.36. The molecule has 0 unspecified atom stereocenters. The van der Waals surface area contributed by atoms with Crippen LogP contribution in [0.3, 0.4) is 0 Å². The fraction of sp³-hybridized carbons (Fsp3) is 0.318. The molecule has 26 heavy (non-hydrogen) atoms. The second kappa shape index (κ2) is 7.34. The summed E-state index contributed by atoms with van der Waals surface area (Å²) in [5, 5.41) is 10.9. The molecule has 0 bridgehead atoms. The Hall–Kier alpha value is -2.59. The summed E-state index contributed by atoms with van der Waals surface area (Å²) >= 11 is 0. The molecular weight excluding hydrogens is 326 g/mol. The average molecular weight is 351 g/mol. The van der Waals surface area contributed by atoms with Gasteiger partial charge in [0.25, 0.3) is 0 Å². The Morgan fingerprint density at radius 1 is 1.00 bits per heavy atom. The summed E-state index contributed by atoms with van der Waals surface area (Å²) in [5.41, 5.74) is 2.38. The fourth-order valence-electron chi connectivity index (χ4n) is 3.36. The molecule has 3 rings (SSSR count). The van der Waals surface area contributed by atoms with E-state index in [4.69, 9.17) is 4.42 Å². The molecular formula is C22H25NO3. The van der Waals surface area contributed by atoms with Crippen LogP contribution in [0.2, 0.25) is 0 Å². The third-order valence-electron chi connectivity index (χ3n) is 4.77. The second-order valence-electron chi connectivity index (χ2n) is 7.14. The Morgan fingerprint density at radius 3 is 2.27 bits per heavy atom. The number of aromatic hydroxyl groups is 1. The van der Waals surface area contributed by atoms with E-state index in [0.717, 1.165) is 5.56 Å². The van der Waals surface area contributed by atoms with Crippen LogP contribution in [0.25, 0.3) is 22.1 Å². The summed E-state index contributed by atoms with van der Waals surface area (Å²) in [6.45, 7) is 8.99. The number of hydrogen-bond acceptors (Lipinski definition) is 4. The Labute approximate surface area is 153 Å². The van der Waals surface area contributed by atoms with Gasteiger partial charge in [0.15, 0.2) is 0 Å². The molecule has 3 aromatic rings. The Bertz CT molecular complexity index is 950. The van der Waals surface area contributed by atoms with E-state index in [-0.39, 0.29) is 11.2 Å². The summed E-state index contributed by atoms with van der Waals surface area (Å²) in [7, 11) is 0. The van der Waals surface area contributed by atoms with E-state index in [0.29, 0.717) is 40.7 Å². The Kier molecular flexibility index (Phi) is 5.14. The van der Waals surface area contributed by atoms with E-state index in [1.165, 1.54) is 6.26 Å². The zero-order valence-electron chi connectivity index (χ0n) is 15.7. The molecule has 0 spiro atoms. The van der Waals surface area contributed by atoms with Gasteiger partial charge in [-0.2, -0.15) is 0 Å². The summed E-state index contributed by atoms with van der Waals surface area (Å²) < 4.78 is 5.86. The first-order valence-corrected chi connectivity index (χ1v) is 8.97. The van der Waals surface area contributed by atoms with Gasteiger partial charge in [-0.05, 0) is 45.4 Å². The molecule has 136 valence electrons. The van der Waals surface area contributed by atoms with Gasteiger partial charge in [-0.15, -0.1) is 0 Å². The molecule has 0 saturated heterocycles. The lowest BCUT2D eigenvalue weighted by atomic mass is 10.0. The largest absolute Gasteiger partial charge is 0.507 e. The molecule has 0 atom stereocenters. The number of hydrogen-bond donors (Lipinski definition) is 1. The molecule has 1 N–H and O–H groups in total. The van der Waals surface area contributed by atoms with Gasteiger partial charge in [0.05, 0.1) is 16.5 Å². The lowest BCUT2D eigenvalue weighted by molar-refractivity contribution is 0.164. The van der Waals surface area contributed by atoms with Gasteiger partial charge in [-0.1, -0.05) is 30.3 Å². The maximum Gasteiger partial charge on any atom is 0.200 e. The van der Waals surface area contributed by atoms with Crippen LogP contribution >= 0.6 is 0 Å². The Morgan fingerprint density at radius 2 is 1.65 bits per heavy atom. The molecule has 0 aliphatic carbocycles. The third kappa shape index (κ3) is 3.37. The molecule has 0 saturated carbocycles. The van der Waals surface area contributed by atoms with Crippen molar-refractivity contribution in [3.63, 3.8) is 0 Å². The van der Waals surface area contributed by atoms with Crippen molar-refractivity contribution in [2.75, 3.05) is 0 Å². The van der Waals surface area contributed by atoms with E-state index in [2.05, 4.69) is 32.6 Å². The number of rotatable bonds is 5. The predicted molar refractivity (Wildman–Crippen MR) is 105 cm³/mol. The first-order chi connectivity index (χ1) is 12.4. The standard InChI is InChI=1S/C22H25NO3/c1-14(2)23(15(3)4)12-18-20(24)11-10-17-21(25)19(13-26-22(17)18)16-8-6-5-7-9-16/h5-11,13-15,24H,12H2,1-4H3. The van der Waals surface area contributed by atoms with Crippen molar-refractivity contribution in [2.24, 2.45) is 0 Å². The van der Waals surface area contributed by atoms with Crippen LogP contribution in [-0.2, 0) is 6.54 Å².